The average Bonchev–Trinajstić information content (AvgIpc) is 2.56. The van der Waals surface area contributed by atoms with E-state index in [1.54, 1.807) is 19.5 Å². The zero-order valence-corrected chi connectivity index (χ0v) is 13.9. The zero-order valence-electron chi connectivity index (χ0n) is 13.9. The Morgan fingerprint density at radius 3 is 2.36 bits per heavy atom. The minimum Gasteiger partial charge on any atom is -0.342 e. The number of nitrogens with zero attached hydrogens (tertiary/aromatic N) is 2. The summed E-state index contributed by atoms with van der Waals surface area (Å²) in [5, 5.41) is 1.94. The fourth-order valence-corrected chi connectivity index (χ4v) is 2.69. The highest BCUT2D eigenvalue weighted by Crippen LogP contribution is 2.19. The van der Waals surface area contributed by atoms with Crippen LogP contribution in [0.25, 0.3) is 0 Å². The first-order valence-electron chi connectivity index (χ1n) is 8.01. The van der Waals surface area contributed by atoms with E-state index in [1.807, 2.05) is 22.3 Å². The molecule has 2 rings (SSSR count). The zero-order chi connectivity index (χ0) is 18.4. The lowest BCUT2D eigenvalue weighted by Gasteiger charge is -2.33. The van der Waals surface area contributed by atoms with Crippen LogP contribution < -0.4 is 5.32 Å². The van der Waals surface area contributed by atoms with Gasteiger partial charge in [0, 0.05) is 32.7 Å². The van der Waals surface area contributed by atoms with E-state index in [-0.39, 0.29) is 0 Å². The second kappa shape index (κ2) is 8.49. The molecule has 9 heteroatoms. The fourth-order valence-electron chi connectivity index (χ4n) is 2.69. The van der Waals surface area contributed by atoms with Crippen molar-refractivity contribution in [2.24, 2.45) is 0 Å². The first kappa shape index (κ1) is 19.5. The van der Waals surface area contributed by atoms with Gasteiger partial charge in [-0.15, -0.1) is 0 Å². The number of nitrogens with one attached hydrogen (secondary N) is 1. The number of hydrogen-bond acceptors (Lipinski definition) is 4. The van der Waals surface area contributed by atoms with E-state index in [1.165, 1.54) is 6.92 Å². The molecule has 0 unspecified atom stereocenters. The number of carbonyl (C=O) groups is 2. The Hall–Kier alpha value is -1.87. The van der Waals surface area contributed by atoms with E-state index in [0.29, 0.717) is 5.56 Å². The highest BCUT2D eigenvalue weighted by Gasteiger charge is 2.39. The number of halogens is 3. The summed E-state index contributed by atoms with van der Waals surface area (Å²) in [5.74, 6) is -1.94. The van der Waals surface area contributed by atoms with Crippen molar-refractivity contribution in [3.8, 4) is 0 Å². The molecular weight excluding hydrogens is 334 g/mol. The number of alkyl halides is 3. The third kappa shape index (κ3) is 5.86. The van der Waals surface area contributed by atoms with Gasteiger partial charge in [0.25, 0.3) is 7.41 Å². The summed E-state index contributed by atoms with van der Waals surface area (Å²) in [6, 6.07) is 6.45. The van der Waals surface area contributed by atoms with Crippen LogP contribution in [0.4, 0.5) is 13.2 Å². The third-order valence-electron chi connectivity index (χ3n) is 4.17. The van der Waals surface area contributed by atoms with E-state index in [4.69, 9.17) is 0 Å². The quantitative estimate of drug-likeness (QED) is 0.619. The van der Waals surface area contributed by atoms with Gasteiger partial charge in [-0.1, -0.05) is 24.3 Å². The van der Waals surface area contributed by atoms with Crippen LogP contribution in [-0.4, -0.2) is 61.6 Å². The van der Waals surface area contributed by atoms with Gasteiger partial charge in [0.15, 0.2) is 0 Å². The molecule has 0 aromatic heterocycles. The smallest absolute Gasteiger partial charge is 0.342 e. The Balaban J connectivity index is 1.85. The molecule has 0 saturated carbocycles. The number of amides is 1. The first-order valence-corrected chi connectivity index (χ1v) is 8.01. The normalized spacial score (nSPS) is 17.8. The van der Waals surface area contributed by atoms with Crippen LogP contribution in [0.2, 0.25) is 0 Å². The highest BCUT2D eigenvalue weighted by molar-refractivity contribution is 6.64. The molecular formula is C16H20BF3N3O2. The maximum atomic E-state index is 12.3. The molecule has 5 nitrogen and oxygen atoms in total. The number of rotatable bonds is 6. The topological polar surface area (TPSA) is 52.7 Å². The lowest BCUT2D eigenvalue weighted by atomic mass is 9.93. The molecule has 0 spiro atoms. The molecule has 1 atom stereocenters. The van der Waals surface area contributed by atoms with Crippen LogP contribution >= 0.6 is 0 Å². The Morgan fingerprint density at radius 1 is 1.24 bits per heavy atom. The van der Waals surface area contributed by atoms with E-state index >= 15 is 0 Å². The molecule has 1 aliphatic heterocycles. The molecule has 1 N–H and O–H groups in total. The van der Waals surface area contributed by atoms with Gasteiger partial charge in [-0.05, 0) is 18.1 Å². The molecule has 1 amide bonds. The van der Waals surface area contributed by atoms with Crippen molar-refractivity contribution in [1.29, 1.82) is 0 Å². The molecule has 1 radical (unpaired) electrons. The third-order valence-corrected chi connectivity index (χ3v) is 4.17. The fraction of sp³-hybridized carbons (Fsp3) is 0.500. The summed E-state index contributed by atoms with van der Waals surface area (Å²) >= 11 is 0. The molecule has 1 aliphatic rings. The van der Waals surface area contributed by atoms with Gasteiger partial charge in [-0.2, -0.15) is 13.2 Å². The van der Waals surface area contributed by atoms with Crippen LogP contribution in [0, 0.1) is 0 Å². The molecule has 0 aliphatic carbocycles. The standard InChI is InChI=1S/C16H20BF3N3O2/c1-12(21-15(25)16(18,19)20)14-4-2-13(3-5-14)10-22-6-8-23(9-7-22)17-11-24/h2-5,11-12H,6-10H2,1H3,(H,21,25)/t12-/m0/s1. The van der Waals surface area contributed by atoms with Crippen LogP contribution in [0.3, 0.4) is 0 Å². The average molecular weight is 354 g/mol. The van der Waals surface area contributed by atoms with Crippen molar-refractivity contribution < 1.29 is 22.8 Å². The van der Waals surface area contributed by atoms with E-state index in [0.717, 1.165) is 44.5 Å². The second-order valence-corrected chi connectivity index (χ2v) is 6.03. The van der Waals surface area contributed by atoms with E-state index < -0.39 is 18.1 Å². The Kier molecular flexibility index (Phi) is 6.61. The predicted octanol–water partition coefficient (Wildman–Crippen LogP) is 1.35. The second-order valence-electron chi connectivity index (χ2n) is 6.03. The molecule has 1 saturated heterocycles. The summed E-state index contributed by atoms with van der Waals surface area (Å²) in [6.45, 7) is 5.50. The Bertz CT molecular complexity index is 587. The molecule has 1 fully saturated rings. The minimum absolute atomic E-state index is 0.617. The molecule has 0 bridgehead atoms. The molecule has 1 aromatic rings. The van der Waals surface area contributed by atoms with Crippen molar-refractivity contribution in [2.45, 2.75) is 25.7 Å². The molecule has 135 valence electrons. The monoisotopic (exact) mass is 354 g/mol. The summed E-state index contributed by atoms with van der Waals surface area (Å²) in [6.07, 6.45) is -4.09. The van der Waals surface area contributed by atoms with Gasteiger partial charge in [-0.25, -0.2) is 0 Å². The summed E-state index contributed by atoms with van der Waals surface area (Å²) in [5.41, 5.74) is 1.66. The van der Waals surface area contributed by atoms with Gasteiger partial charge in [0.1, 0.15) is 0 Å². The van der Waals surface area contributed by atoms with Gasteiger partial charge in [0.05, 0.1) is 12.2 Å². The highest BCUT2D eigenvalue weighted by atomic mass is 19.4. The predicted molar refractivity (Wildman–Crippen MR) is 88.4 cm³/mol. The Morgan fingerprint density at radius 2 is 1.84 bits per heavy atom. The lowest BCUT2D eigenvalue weighted by molar-refractivity contribution is -0.174. The lowest BCUT2D eigenvalue weighted by Crippen LogP contribution is -2.47. The van der Waals surface area contributed by atoms with Crippen molar-refractivity contribution in [1.82, 2.24) is 15.0 Å². The van der Waals surface area contributed by atoms with Gasteiger partial charge in [-0.3, -0.25) is 9.69 Å². The van der Waals surface area contributed by atoms with Crippen LogP contribution in [0.15, 0.2) is 24.3 Å². The summed E-state index contributed by atoms with van der Waals surface area (Å²) in [7, 11) is 1.54. The van der Waals surface area contributed by atoms with Crippen molar-refractivity contribution in [2.75, 3.05) is 26.2 Å². The summed E-state index contributed by atoms with van der Waals surface area (Å²) < 4.78 is 36.8. The molecule has 1 aromatic carbocycles. The van der Waals surface area contributed by atoms with Crippen molar-refractivity contribution in [3.63, 3.8) is 0 Å². The van der Waals surface area contributed by atoms with Gasteiger partial charge < -0.3 is 14.9 Å². The summed E-state index contributed by atoms with van der Waals surface area (Å²) in [4.78, 5) is 25.7. The van der Waals surface area contributed by atoms with Crippen LogP contribution in [-0.2, 0) is 16.1 Å². The first-order chi connectivity index (χ1) is 11.8. The Labute approximate surface area is 145 Å². The number of piperazine rings is 1. The van der Waals surface area contributed by atoms with Crippen molar-refractivity contribution >= 4 is 19.5 Å². The maximum absolute atomic E-state index is 12.3. The van der Waals surface area contributed by atoms with Gasteiger partial charge in [0.2, 0.25) is 0 Å². The van der Waals surface area contributed by atoms with E-state index in [9.17, 15) is 22.8 Å². The van der Waals surface area contributed by atoms with E-state index in [2.05, 4.69) is 4.90 Å². The minimum atomic E-state index is -4.88. The van der Waals surface area contributed by atoms with Crippen molar-refractivity contribution in [3.05, 3.63) is 35.4 Å². The number of hydrogen-bond donors (Lipinski definition) is 1. The van der Waals surface area contributed by atoms with Gasteiger partial charge >= 0.3 is 12.1 Å². The molecule has 1 heterocycles. The largest absolute Gasteiger partial charge is 0.471 e. The van der Waals surface area contributed by atoms with Crippen LogP contribution in [0.5, 0.6) is 0 Å². The molecule has 25 heavy (non-hydrogen) atoms. The number of benzene rings is 1. The van der Waals surface area contributed by atoms with Crippen LogP contribution in [0.1, 0.15) is 24.1 Å². The maximum Gasteiger partial charge on any atom is 0.471 e. The SMILES string of the molecule is C[C@H](NC(=O)C(F)(F)F)c1ccc(CN2CCN([B]C=O)CC2)cc1. The number of carbonyl (C=O) groups excluding carboxylic acids is 2.